The van der Waals surface area contributed by atoms with Gasteiger partial charge in [0.25, 0.3) is 0 Å². The number of amidine groups is 1. The lowest BCUT2D eigenvalue weighted by Gasteiger charge is -2.15. The predicted molar refractivity (Wildman–Crippen MR) is 113 cm³/mol. The van der Waals surface area contributed by atoms with Crippen molar-refractivity contribution >= 4 is 39.8 Å². The summed E-state index contributed by atoms with van der Waals surface area (Å²) in [5.74, 6) is 0.0722. The van der Waals surface area contributed by atoms with Gasteiger partial charge in [-0.25, -0.2) is 0 Å². The van der Waals surface area contributed by atoms with E-state index in [1.807, 2.05) is 61.5 Å². The lowest BCUT2D eigenvalue weighted by Crippen LogP contribution is -2.30. The molecule has 1 fully saturated rings. The van der Waals surface area contributed by atoms with Crippen LogP contribution in [0.15, 0.2) is 83.0 Å². The van der Waals surface area contributed by atoms with Crippen molar-refractivity contribution < 1.29 is 4.79 Å². The lowest BCUT2D eigenvalue weighted by atomic mass is 10.1. The first-order chi connectivity index (χ1) is 13.2. The highest BCUT2D eigenvalue weighted by molar-refractivity contribution is 8.15. The van der Waals surface area contributed by atoms with Crippen LogP contribution in [0.1, 0.15) is 18.1 Å². The minimum Gasteiger partial charge on any atom is -0.284 e. The second-order valence-corrected chi connectivity index (χ2v) is 7.67. The Hall–Kier alpha value is -2.92. The summed E-state index contributed by atoms with van der Waals surface area (Å²) < 4.78 is 0. The number of benzene rings is 3. The molecule has 27 heavy (non-hydrogen) atoms. The number of hydrogen-bond acceptors (Lipinski definition) is 4. The van der Waals surface area contributed by atoms with E-state index in [1.54, 1.807) is 11.1 Å². The summed E-state index contributed by atoms with van der Waals surface area (Å²) in [4.78, 5) is 14.2. The number of thioether (sulfide) groups is 1. The number of amides is 1. The highest BCUT2D eigenvalue weighted by atomic mass is 32.2. The molecule has 1 aliphatic heterocycles. The Labute approximate surface area is 162 Å². The van der Waals surface area contributed by atoms with E-state index in [4.69, 9.17) is 0 Å². The maximum atomic E-state index is 12.5. The Morgan fingerprint density at radius 3 is 2.59 bits per heavy atom. The molecule has 1 aliphatic rings. The summed E-state index contributed by atoms with van der Waals surface area (Å²) in [6, 6.07) is 24.2. The van der Waals surface area contributed by atoms with Crippen LogP contribution in [-0.4, -0.2) is 27.4 Å². The van der Waals surface area contributed by atoms with Crippen molar-refractivity contribution in [1.82, 2.24) is 4.90 Å². The average molecular weight is 373 g/mol. The second-order valence-electron chi connectivity index (χ2n) is 6.37. The molecule has 0 spiro atoms. The molecular formula is C22H19N3OS. The van der Waals surface area contributed by atoms with Crippen LogP contribution in [-0.2, 0) is 11.3 Å². The normalized spacial score (nSPS) is 18.9. The van der Waals surface area contributed by atoms with Crippen LogP contribution in [0.3, 0.4) is 0 Å². The van der Waals surface area contributed by atoms with E-state index in [9.17, 15) is 4.79 Å². The molecule has 1 unspecified atom stereocenters. The molecule has 5 heteroatoms. The molecule has 0 aliphatic carbocycles. The van der Waals surface area contributed by atoms with E-state index in [0.29, 0.717) is 11.7 Å². The Morgan fingerprint density at radius 1 is 1.00 bits per heavy atom. The highest BCUT2D eigenvalue weighted by Gasteiger charge is 2.35. The summed E-state index contributed by atoms with van der Waals surface area (Å²) in [5, 5.41) is 11.4. The van der Waals surface area contributed by atoms with Gasteiger partial charge >= 0.3 is 0 Å². The molecule has 0 N–H and O–H groups in total. The zero-order chi connectivity index (χ0) is 18.6. The van der Waals surface area contributed by atoms with E-state index in [0.717, 1.165) is 16.5 Å². The maximum Gasteiger partial charge on any atom is 0.242 e. The van der Waals surface area contributed by atoms with Gasteiger partial charge in [0.1, 0.15) is 0 Å². The summed E-state index contributed by atoms with van der Waals surface area (Å²) in [6.07, 6.45) is 1.75. The lowest BCUT2D eigenvalue weighted by molar-refractivity contribution is -0.126. The topological polar surface area (TPSA) is 45.0 Å². The number of hydrogen-bond donors (Lipinski definition) is 0. The first-order valence-corrected chi connectivity index (χ1v) is 9.71. The monoisotopic (exact) mass is 373 g/mol. The number of nitrogens with zero attached hydrogens (tertiary/aromatic N) is 3. The van der Waals surface area contributed by atoms with Crippen molar-refractivity contribution in [3.63, 3.8) is 0 Å². The third-order valence-electron chi connectivity index (χ3n) is 4.47. The quantitative estimate of drug-likeness (QED) is 0.492. The van der Waals surface area contributed by atoms with Crippen molar-refractivity contribution in [1.29, 1.82) is 0 Å². The number of carbonyl (C=O) groups is 1. The average Bonchev–Trinajstić information content (AvgIpc) is 2.97. The molecule has 4 rings (SSSR count). The van der Waals surface area contributed by atoms with E-state index >= 15 is 0 Å². The van der Waals surface area contributed by atoms with Crippen LogP contribution in [0, 0.1) is 0 Å². The van der Waals surface area contributed by atoms with Crippen molar-refractivity contribution in [2.24, 2.45) is 10.2 Å². The molecule has 3 aromatic carbocycles. The molecule has 4 nitrogen and oxygen atoms in total. The molecule has 0 aromatic heterocycles. The van der Waals surface area contributed by atoms with Gasteiger partial charge in [-0.15, -0.1) is 5.10 Å². The smallest absolute Gasteiger partial charge is 0.242 e. The van der Waals surface area contributed by atoms with Gasteiger partial charge in [-0.2, -0.15) is 5.10 Å². The fourth-order valence-electron chi connectivity index (χ4n) is 3.08. The zero-order valence-electron chi connectivity index (χ0n) is 14.9. The van der Waals surface area contributed by atoms with E-state index in [-0.39, 0.29) is 11.2 Å². The van der Waals surface area contributed by atoms with Gasteiger partial charge in [-0.1, -0.05) is 84.6 Å². The van der Waals surface area contributed by atoms with Gasteiger partial charge in [0, 0.05) is 5.56 Å². The molecule has 0 bridgehead atoms. The van der Waals surface area contributed by atoms with Gasteiger partial charge < -0.3 is 0 Å². The van der Waals surface area contributed by atoms with E-state index < -0.39 is 0 Å². The predicted octanol–water partition coefficient (Wildman–Crippen LogP) is 4.69. The molecule has 0 radical (unpaired) electrons. The molecule has 1 heterocycles. The molecule has 1 saturated heterocycles. The molecule has 3 aromatic rings. The summed E-state index contributed by atoms with van der Waals surface area (Å²) in [6.45, 7) is 2.42. The van der Waals surface area contributed by atoms with Crippen molar-refractivity contribution in [2.75, 3.05) is 0 Å². The van der Waals surface area contributed by atoms with Crippen molar-refractivity contribution in [3.05, 3.63) is 83.9 Å². The Balaban J connectivity index is 1.59. The SMILES string of the molecule is CC1S/C(=N/N=C/c2cccc3ccccc23)N(Cc2ccccc2)C1=O. The molecule has 1 amide bonds. The van der Waals surface area contributed by atoms with Gasteiger partial charge in [0.05, 0.1) is 18.0 Å². The largest absolute Gasteiger partial charge is 0.284 e. The van der Waals surface area contributed by atoms with E-state index in [1.165, 1.54) is 17.1 Å². The van der Waals surface area contributed by atoms with Crippen LogP contribution in [0.25, 0.3) is 10.8 Å². The molecular weight excluding hydrogens is 354 g/mol. The highest BCUT2D eigenvalue weighted by Crippen LogP contribution is 2.28. The standard InChI is InChI=1S/C22H19N3OS/c1-16-21(26)25(15-17-8-3-2-4-9-17)22(27-16)24-23-14-19-12-7-11-18-10-5-6-13-20(18)19/h2-14,16H,15H2,1H3/b23-14+,24-22+. The van der Waals surface area contributed by atoms with Crippen LogP contribution >= 0.6 is 11.8 Å². The van der Waals surface area contributed by atoms with Crippen LogP contribution < -0.4 is 0 Å². The fraction of sp³-hybridized carbons (Fsp3) is 0.136. The molecule has 134 valence electrons. The number of fused-ring (bicyclic) bond motifs is 1. The summed E-state index contributed by atoms with van der Waals surface area (Å²) >= 11 is 1.45. The molecule has 1 atom stereocenters. The Morgan fingerprint density at radius 2 is 1.74 bits per heavy atom. The molecule has 0 saturated carbocycles. The Bertz CT molecular complexity index is 1020. The van der Waals surface area contributed by atoms with Crippen LogP contribution in [0.2, 0.25) is 0 Å². The second kappa shape index (κ2) is 7.76. The number of carbonyl (C=O) groups excluding carboxylic acids is 1. The minimum absolute atomic E-state index is 0.0722. The fourth-order valence-corrected chi connectivity index (χ4v) is 4.00. The third kappa shape index (κ3) is 3.78. The first-order valence-electron chi connectivity index (χ1n) is 8.83. The third-order valence-corrected chi connectivity index (χ3v) is 5.54. The maximum absolute atomic E-state index is 12.5. The van der Waals surface area contributed by atoms with Crippen LogP contribution in [0.4, 0.5) is 0 Å². The zero-order valence-corrected chi connectivity index (χ0v) is 15.8. The van der Waals surface area contributed by atoms with Crippen molar-refractivity contribution in [3.8, 4) is 0 Å². The minimum atomic E-state index is -0.139. The van der Waals surface area contributed by atoms with Gasteiger partial charge in [-0.3, -0.25) is 9.69 Å². The first kappa shape index (κ1) is 17.5. The summed E-state index contributed by atoms with van der Waals surface area (Å²) in [7, 11) is 0. The number of rotatable bonds is 4. The van der Waals surface area contributed by atoms with Gasteiger partial charge in [0.2, 0.25) is 5.91 Å². The van der Waals surface area contributed by atoms with E-state index in [2.05, 4.69) is 28.4 Å². The Kier molecular flexibility index (Phi) is 5.03. The summed E-state index contributed by atoms with van der Waals surface area (Å²) in [5.41, 5.74) is 2.08. The van der Waals surface area contributed by atoms with Crippen LogP contribution in [0.5, 0.6) is 0 Å². The van der Waals surface area contributed by atoms with Gasteiger partial charge in [0.15, 0.2) is 5.17 Å². The van der Waals surface area contributed by atoms with Gasteiger partial charge in [-0.05, 0) is 23.3 Å². The van der Waals surface area contributed by atoms with Crippen molar-refractivity contribution in [2.45, 2.75) is 18.7 Å².